The van der Waals surface area contributed by atoms with Gasteiger partial charge in [0.15, 0.2) is 5.82 Å². The average molecular weight is 163 g/mol. The minimum atomic E-state index is 0.786. The molecule has 0 spiro atoms. The number of rotatable bonds is 0. The van der Waals surface area contributed by atoms with Gasteiger partial charge in [-0.05, 0) is 6.08 Å². The van der Waals surface area contributed by atoms with E-state index in [1.165, 1.54) is 0 Å². The first kappa shape index (κ1) is 8.71. The third kappa shape index (κ3) is 1.81. The van der Waals surface area contributed by atoms with E-state index in [-0.39, 0.29) is 0 Å². The summed E-state index contributed by atoms with van der Waals surface area (Å²) < 4.78 is 0. The summed E-state index contributed by atoms with van der Waals surface area (Å²) in [7, 11) is 0. The van der Waals surface area contributed by atoms with Crippen LogP contribution in [0.3, 0.4) is 0 Å². The van der Waals surface area contributed by atoms with E-state index in [1.807, 2.05) is 32.2 Å². The Balaban J connectivity index is 0.000000336. The predicted molar refractivity (Wildman–Crippen MR) is 51.7 cm³/mol. The molecule has 1 aliphatic heterocycles. The molecule has 0 radical (unpaired) electrons. The Hall–Kier alpha value is -1.38. The van der Waals surface area contributed by atoms with E-state index in [0.29, 0.717) is 0 Å². The number of fused-ring (bicyclic) bond motifs is 1. The molecule has 0 unspecified atom stereocenters. The van der Waals surface area contributed by atoms with Crippen molar-refractivity contribution in [2.24, 2.45) is 4.99 Å². The van der Waals surface area contributed by atoms with Gasteiger partial charge in [-0.3, -0.25) is 0 Å². The molecule has 0 bridgehead atoms. The van der Waals surface area contributed by atoms with E-state index in [2.05, 4.69) is 15.0 Å². The second kappa shape index (κ2) is 4.49. The lowest BCUT2D eigenvalue weighted by atomic mass is 10.3. The number of aliphatic imine (C=N–C) groups is 1. The quantitative estimate of drug-likeness (QED) is 0.627. The molecule has 1 aliphatic rings. The van der Waals surface area contributed by atoms with Crippen molar-refractivity contribution < 1.29 is 0 Å². The Morgan fingerprint density at radius 1 is 1.42 bits per heavy atom. The van der Waals surface area contributed by atoms with Crippen LogP contribution >= 0.6 is 0 Å². The number of imidazole rings is 1. The zero-order chi connectivity index (χ0) is 8.81. The van der Waals surface area contributed by atoms with Gasteiger partial charge < -0.3 is 4.98 Å². The van der Waals surface area contributed by atoms with Crippen LogP contribution in [0.25, 0.3) is 6.08 Å². The number of nitrogens with zero attached hydrogens (tertiary/aromatic N) is 2. The first-order valence-electron chi connectivity index (χ1n) is 4.19. The van der Waals surface area contributed by atoms with Crippen molar-refractivity contribution in [2.45, 2.75) is 20.3 Å². The van der Waals surface area contributed by atoms with Gasteiger partial charge in [0, 0.05) is 12.6 Å². The molecule has 0 saturated carbocycles. The Morgan fingerprint density at radius 2 is 2.25 bits per heavy atom. The zero-order valence-electron chi connectivity index (χ0n) is 7.41. The molecular weight excluding hydrogens is 150 g/mol. The minimum absolute atomic E-state index is 0.786. The molecule has 0 amide bonds. The summed E-state index contributed by atoms with van der Waals surface area (Å²) in [6.45, 7) is 4.00. The van der Waals surface area contributed by atoms with E-state index < -0.39 is 0 Å². The third-order valence-corrected chi connectivity index (χ3v) is 1.39. The summed E-state index contributed by atoms with van der Waals surface area (Å²) in [4.78, 5) is 11.1. The fourth-order valence-electron chi connectivity index (χ4n) is 0.908. The topological polar surface area (TPSA) is 41.0 Å². The summed E-state index contributed by atoms with van der Waals surface area (Å²) in [5.74, 6) is 0.786. The van der Waals surface area contributed by atoms with Crippen LogP contribution in [0, 0.1) is 0 Å². The molecule has 2 rings (SSSR count). The van der Waals surface area contributed by atoms with Gasteiger partial charge in [-0.1, -0.05) is 19.9 Å². The van der Waals surface area contributed by atoms with Crippen LogP contribution in [0.5, 0.6) is 0 Å². The van der Waals surface area contributed by atoms with E-state index in [0.717, 1.165) is 17.9 Å². The number of aromatic amines is 1. The molecule has 2 heterocycles. The molecule has 0 aromatic carbocycles. The van der Waals surface area contributed by atoms with E-state index in [4.69, 9.17) is 0 Å². The predicted octanol–water partition coefficient (Wildman–Crippen LogP) is 2.56. The summed E-state index contributed by atoms with van der Waals surface area (Å²) >= 11 is 0. The fraction of sp³-hybridized carbons (Fsp3) is 0.333. The van der Waals surface area contributed by atoms with Crippen LogP contribution in [0.2, 0.25) is 0 Å². The maximum Gasteiger partial charge on any atom is 0.177 e. The van der Waals surface area contributed by atoms with Crippen molar-refractivity contribution in [3.8, 4) is 0 Å². The summed E-state index contributed by atoms with van der Waals surface area (Å²) in [5.41, 5.74) is 0.994. The van der Waals surface area contributed by atoms with Crippen LogP contribution in [0.15, 0.2) is 17.4 Å². The number of H-pyrrole nitrogens is 1. The van der Waals surface area contributed by atoms with E-state index in [9.17, 15) is 0 Å². The molecule has 1 aromatic heterocycles. The molecule has 0 fully saturated rings. The highest BCUT2D eigenvalue weighted by Crippen LogP contribution is 2.16. The highest BCUT2D eigenvalue weighted by atomic mass is 15.0. The molecule has 0 saturated heterocycles. The van der Waals surface area contributed by atoms with Gasteiger partial charge in [0.25, 0.3) is 0 Å². The van der Waals surface area contributed by atoms with E-state index in [1.54, 1.807) is 6.33 Å². The minimum Gasteiger partial charge on any atom is -0.343 e. The van der Waals surface area contributed by atoms with Gasteiger partial charge in [0.2, 0.25) is 0 Å². The Labute approximate surface area is 72.3 Å². The molecule has 1 N–H and O–H groups in total. The lowest BCUT2D eigenvalue weighted by molar-refractivity contribution is 1.29. The molecule has 3 heteroatoms. The molecule has 12 heavy (non-hydrogen) atoms. The molecule has 1 aromatic rings. The summed E-state index contributed by atoms with van der Waals surface area (Å²) in [5, 5.41) is 0. The Morgan fingerprint density at radius 3 is 3.08 bits per heavy atom. The average Bonchev–Trinajstić information content (AvgIpc) is 2.46. The Kier molecular flexibility index (Phi) is 3.26. The maximum atomic E-state index is 4.12. The smallest absolute Gasteiger partial charge is 0.177 e. The number of hydrogen-bond donors (Lipinski definition) is 1. The van der Waals surface area contributed by atoms with Crippen molar-refractivity contribution in [3.63, 3.8) is 0 Å². The van der Waals surface area contributed by atoms with Crippen LogP contribution < -0.4 is 0 Å². The lowest BCUT2D eigenvalue weighted by Crippen LogP contribution is -1.67. The van der Waals surface area contributed by atoms with Gasteiger partial charge in [0.1, 0.15) is 0 Å². The van der Waals surface area contributed by atoms with Gasteiger partial charge in [-0.15, -0.1) is 0 Å². The van der Waals surface area contributed by atoms with Gasteiger partial charge in [0.05, 0.1) is 12.0 Å². The standard InChI is InChI=1S/C7H7N3.C2H6/c1-2-4-8-7-6(3-1)9-5-10-7;1-2/h1,3-5H,2H2,(H,9,10);1-2H3. The van der Waals surface area contributed by atoms with Gasteiger partial charge in [-0.2, -0.15) is 0 Å². The van der Waals surface area contributed by atoms with Crippen LogP contribution in [0.1, 0.15) is 26.0 Å². The monoisotopic (exact) mass is 163 g/mol. The largest absolute Gasteiger partial charge is 0.343 e. The maximum absolute atomic E-state index is 4.12. The number of allylic oxidation sites excluding steroid dienone is 1. The zero-order valence-corrected chi connectivity index (χ0v) is 7.41. The van der Waals surface area contributed by atoms with Crippen molar-refractivity contribution in [2.75, 3.05) is 0 Å². The van der Waals surface area contributed by atoms with Gasteiger partial charge in [-0.25, -0.2) is 9.98 Å². The number of nitrogens with one attached hydrogen (secondary N) is 1. The molecular formula is C9H13N3. The lowest BCUT2D eigenvalue weighted by Gasteiger charge is -1.83. The van der Waals surface area contributed by atoms with Crippen molar-refractivity contribution in [1.29, 1.82) is 0 Å². The van der Waals surface area contributed by atoms with Crippen molar-refractivity contribution >= 4 is 18.1 Å². The van der Waals surface area contributed by atoms with Crippen molar-refractivity contribution in [1.82, 2.24) is 9.97 Å². The van der Waals surface area contributed by atoms with Crippen LogP contribution in [0.4, 0.5) is 5.82 Å². The van der Waals surface area contributed by atoms with E-state index >= 15 is 0 Å². The van der Waals surface area contributed by atoms with Gasteiger partial charge >= 0.3 is 0 Å². The molecule has 0 aliphatic carbocycles. The first-order valence-corrected chi connectivity index (χ1v) is 4.19. The second-order valence-electron chi connectivity index (χ2n) is 2.09. The third-order valence-electron chi connectivity index (χ3n) is 1.39. The number of hydrogen-bond acceptors (Lipinski definition) is 2. The normalized spacial score (nSPS) is 12.8. The molecule has 3 nitrogen and oxygen atoms in total. The summed E-state index contributed by atoms with van der Waals surface area (Å²) in [6, 6.07) is 0. The van der Waals surface area contributed by atoms with Crippen molar-refractivity contribution in [3.05, 3.63) is 18.1 Å². The van der Waals surface area contributed by atoms with Crippen LogP contribution in [-0.2, 0) is 0 Å². The SMILES string of the molecule is C1=Cc2[nH]cnc2N=CC1.CC. The van der Waals surface area contributed by atoms with Crippen LogP contribution in [-0.4, -0.2) is 16.2 Å². The second-order valence-corrected chi connectivity index (χ2v) is 2.09. The molecule has 0 atom stereocenters. The highest BCUT2D eigenvalue weighted by Gasteiger charge is 1.99. The Bertz CT molecular complexity index is 257. The summed E-state index contributed by atoms with van der Waals surface area (Å²) in [6.07, 6.45) is 8.44. The number of aromatic nitrogens is 2. The first-order chi connectivity index (χ1) is 5.97. The molecule has 64 valence electrons. The fourth-order valence-corrected chi connectivity index (χ4v) is 0.908. The highest BCUT2D eigenvalue weighted by molar-refractivity contribution is 5.72.